The van der Waals surface area contributed by atoms with Gasteiger partial charge in [0.2, 0.25) is 5.88 Å². The second-order valence-electron chi connectivity index (χ2n) is 4.15. The van der Waals surface area contributed by atoms with Gasteiger partial charge < -0.3 is 10.1 Å². The molecule has 0 saturated carbocycles. The van der Waals surface area contributed by atoms with E-state index in [9.17, 15) is 0 Å². The molecule has 2 heterocycles. The second-order valence-corrected chi connectivity index (χ2v) is 4.92. The van der Waals surface area contributed by atoms with Crippen molar-refractivity contribution in [3.63, 3.8) is 0 Å². The van der Waals surface area contributed by atoms with Crippen LogP contribution in [0, 0.1) is 0 Å². The third kappa shape index (κ3) is 3.86. The van der Waals surface area contributed by atoms with E-state index in [1.807, 2.05) is 24.1 Å². The van der Waals surface area contributed by atoms with Crippen LogP contribution in [0.25, 0.3) is 0 Å². The van der Waals surface area contributed by atoms with Crippen molar-refractivity contribution >= 4 is 17.6 Å². The van der Waals surface area contributed by atoms with E-state index in [2.05, 4.69) is 27.3 Å². The summed E-state index contributed by atoms with van der Waals surface area (Å²) in [7, 11) is 0. The van der Waals surface area contributed by atoms with Crippen molar-refractivity contribution in [3.05, 3.63) is 18.5 Å². The van der Waals surface area contributed by atoms with Crippen molar-refractivity contribution in [2.75, 3.05) is 18.1 Å². The van der Waals surface area contributed by atoms with E-state index in [1.165, 1.54) is 11.8 Å². The topological polar surface area (TPSA) is 64.9 Å². The molecule has 1 N–H and O–H groups in total. The van der Waals surface area contributed by atoms with Crippen molar-refractivity contribution in [1.82, 2.24) is 19.7 Å². The summed E-state index contributed by atoms with van der Waals surface area (Å²) in [5, 5.41) is 8.08. The van der Waals surface area contributed by atoms with Gasteiger partial charge >= 0.3 is 0 Å². The molecule has 20 heavy (non-hydrogen) atoms. The van der Waals surface area contributed by atoms with E-state index in [4.69, 9.17) is 4.74 Å². The van der Waals surface area contributed by atoms with E-state index in [1.54, 1.807) is 12.3 Å². The summed E-state index contributed by atoms with van der Waals surface area (Å²) in [5.74, 6) is 1.98. The lowest BCUT2D eigenvalue weighted by atomic mass is 10.5. The largest absolute Gasteiger partial charge is 0.435 e. The Hall–Kier alpha value is -1.76. The average molecular weight is 293 g/mol. The number of ether oxygens (including phenoxy) is 1. The Balaban J connectivity index is 2.16. The van der Waals surface area contributed by atoms with Gasteiger partial charge in [0.15, 0.2) is 10.9 Å². The fourth-order valence-electron chi connectivity index (χ4n) is 1.69. The van der Waals surface area contributed by atoms with Crippen LogP contribution in [0.2, 0.25) is 0 Å². The number of aryl methyl sites for hydroxylation is 1. The Morgan fingerprint density at radius 2 is 2.20 bits per heavy atom. The minimum atomic E-state index is 0.524. The zero-order valence-electron chi connectivity index (χ0n) is 12.0. The summed E-state index contributed by atoms with van der Waals surface area (Å²) >= 11 is 1.48. The van der Waals surface area contributed by atoms with Crippen LogP contribution in [0.1, 0.15) is 20.3 Å². The molecule has 0 aliphatic carbocycles. The second kappa shape index (κ2) is 7.14. The number of nitrogens with zero attached hydrogens (tertiary/aromatic N) is 4. The summed E-state index contributed by atoms with van der Waals surface area (Å²) < 4.78 is 7.61. The molecule has 7 heteroatoms. The molecule has 0 spiro atoms. The zero-order valence-corrected chi connectivity index (χ0v) is 12.8. The minimum Gasteiger partial charge on any atom is -0.435 e. The third-order valence-corrected chi connectivity index (χ3v) is 3.05. The first-order valence-corrected chi connectivity index (χ1v) is 7.84. The van der Waals surface area contributed by atoms with Crippen molar-refractivity contribution in [3.8, 4) is 11.6 Å². The molecule has 0 atom stereocenters. The smallest absolute Gasteiger partial charge is 0.225 e. The number of nitrogens with one attached hydrogen (secondary N) is 1. The van der Waals surface area contributed by atoms with E-state index in [0.29, 0.717) is 16.8 Å². The molecule has 0 bridgehead atoms. The van der Waals surface area contributed by atoms with Gasteiger partial charge in [-0.15, -0.1) is 0 Å². The number of aromatic nitrogens is 4. The fraction of sp³-hybridized carbons (Fsp3) is 0.462. The standard InChI is InChI=1S/C13H19N5OS/c1-4-6-18-9-10(8-15-18)19-12-7-11(14-5-2)16-13(17-12)20-3/h7-9H,4-6H2,1-3H3,(H,14,16,17). The van der Waals surface area contributed by atoms with E-state index in [-0.39, 0.29) is 0 Å². The Labute approximate surface area is 123 Å². The van der Waals surface area contributed by atoms with Crippen LogP contribution in [0.3, 0.4) is 0 Å². The monoisotopic (exact) mass is 293 g/mol. The minimum absolute atomic E-state index is 0.524. The van der Waals surface area contributed by atoms with Gasteiger partial charge in [0.25, 0.3) is 0 Å². The van der Waals surface area contributed by atoms with E-state index in [0.717, 1.165) is 25.3 Å². The molecule has 0 aliphatic heterocycles. The van der Waals surface area contributed by atoms with Gasteiger partial charge in [0.1, 0.15) is 5.82 Å². The van der Waals surface area contributed by atoms with Gasteiger partial charge in [0.05, 0.1) is 12.4 Å². The summed E-state index contributed by atoms with van der Waals surface area (Å²) in [4.78, 5) is 8.70. The number of rotatable bonds is 7. The molecular formula is C13H19N5OS. The van der Waals surface area contributed by atoms with Gasteiger partial charge in [-0.2, -0.15) is 10.1 Å². The highest BCUT2D eigenvalue weighted by Crippen LogP contribution is 2.23. The van der Waals surface area contributed by atoms with Crippen LogP contribution in [0.4, 0.5) is 5.82 Å². The molecule has 108 valence electrons. The highest BCUT2D eigenvalue weighted by molar-refractivity contribution is 7.98. The maximum Gasteiger partial charge on any atom is 0.225 e. The lowest BCUT2D eigenvalue weighted by Crippen LogP contribution is -2.02. The Bertz CT molecular complexity index is 557. The number of hydrogen-bond acceptors (Lipinski definition) is 6. The van der Waals surface area contributed by atoms with Crippen LogP contribution >= 0.6 is 11.8 Å². The van der Waals surface area contributed by atoms with Crippen molar-refractivity contribution in [2.45, 2.75) is 32.0 Å². The van der Waals surface area contributed by atoms with Crippen LogP contribution in [0.15, 0.2) is 23.6 Å². The first-order valence-electron chi connectivity index (χ1n) is 6.62. The number of anilines is 1. The zero-order chi connectivity index (χ0) is 14.4. The first kappa shape index (κ1) is 14.6. The predicted octanol–water partition coefficient (Wildman–Crippen LogP) is 3.03. The van der Waals surface area contributed by atoms with Crippen molar-refractivity contribution in [2.24, 2.45) is 0 Å². The Kier molecular flexibility index (Phi) is 5.23. The first-order chi connectivity index (χ1) is 9.75. The van der Waals surface area contributed by atoms with Crippen LogP contribution < -0.4 is 10.1 Å². The van der Waals surface area contributed by atoms with Gasteiger partial charge in [-0.1, -0.05) is 18.7 Å². The van der Waals surface area contributed by atoms with Gasteiger partial charge in [-0.25, -0.2) is 4.98 Å². The molecule has 2 aromatic heterocycles. The molecule has 2 rings (SSSR count). The Morgan fingerprint density at radius 3 is 2.90 bits per heavy atom. The van der Waals surface area contributed by atoms with E-state index < -0.39 is 0 Å². The van der Waals surface area contributed by atoms with Gasteiger partial charge in [0, 0.05) is 19.2 Å². The van der Waals surface area contributed by atoms with Gasteiger partial charge in [-0.3, -0.25) is 4.68 Å². The molecular weight excluding hydrogens is 274 g/mol. The lowest BCUT2D eigenvalue weighted by molar-refractivity contribution is 0.454. The van der Waals surface area contributed by atoms with Crippen LogP contribution in [0.5, 0.6) is 11.6 Å². The maximum absolute atomic E-state index is 5.75. The molecule has 0 radical (unpaired) electrons. The molecule has 0 saturated heterocycles. The van der Waals surface area contributed by atoms with Crippen molar-refractivity contribution in [1.29, 1.82) is 0 Å². The number of hydrogen-bond donors (Lipinski definition) is 1. The average Bonchev–Trinajstić information content (AvgIpc) is 2.86. The van der Waals surface area contributed by atoms with Crippen LogP contribution in [-0.2, 0) is 6.54 Å². The highest BCUT2D eigenvalue weighted by atomic mass is 32.2. The summed E-state index contributed by atoms with van der Waals surface area (Å²) in [6.45, 7) is 5.82. The van der Waals surface area contributed by atoms with Crippen LogP contribution in [-0.4, -0.2) is 32.5 Å². The van der Waals surface area contributed by atoms with Crippen molar-refractivity contribution < 1.29 is 4.74 Å². The number of thioether (sulfide) groups is 1. The Morgan fingerprint density at radius 1 is 1.35 bits per heavy atom. The predicted molar refractivity (Wildman–Crippen MR) is 80.6 cm³/mol. The van der Waals surface area contributed by atoms with E-state index >= 15 is 0 Å². The lowest BCUT2D eigenvalue weighted by Gasteiger charge is -2.07. The molecule has 0 fully saturated rings. The molecule has 6 nitrogen and oxygen atoms in total. The summed E-state index contributed by atoms with van der Waals surface area (Å²) in [6.07, 6.45) is 6.55. The fourth-order valence-corrected chi connectivity index (χ4v) is 2.06. The summed E-state index contributed by atoms with van der Waals surface area (Å²) in [6, 6.07) is 1.79. The molecule has 0 aromatic carbocycles. The van der Waals surface area contributed by atoms with Gasteiger partial charge in [-0.05, 0) is 19.6 Å². The third-order valence-electron chi connectivity index (χ3n) is 2.51. The highest BCUT2D eigenvalue weighted by Gasteiger charge is 2.07. The maximum atomic E-state index is 5.75. The molecule has 0 amide bonds. The normalized spacial score (nSPS) is 10.6. The summed E-state index contributed by atoms with van der Waals surface area (Å²) in [5.41, 5.74) is 0. The SMILES string of the molecule is CCCn1cc(Oc2cc(NCC)nc(SC)n2)cn1. The molecule has 0 aliphatic rings. The molecule has 0 unspecified atom stereocenters. The molecule has 2 aromatic rings. The quantitative estimate of drug-likeness (QED) is 0.625.